The predicted molar refractivity (Wildman–Crippen MR) is 68.4 cm³/mol. The smallest absolute Gasteiger partial charge is 0.0380 e. The lowest BCUT2D eigenvalue weighted by Crippen LogP contribution is -2.14. The molecule has 1 rings (SSSR count). The molecule has 0 aromatic heterocycles. The third-order valence-corrected chi connectivity index (χ3v) is 2.38. The number of benzene rings is 1. The van der Waals surface area contributed by atoms with Crippen molar-refractivity contribution in [1.29, 1.82) is 0 Å². The lowest BCUT2D eigenvalue weighted by molar-refractivity contribution is 0.592. The van der Waals surface area contributed by atoms with Gasteiger partial charge in [-0.25, -0.2) is 0 Å². The topological polar surface area (TPSA) is 12.0 Å². The SMILES string of the molecule is C/C=C/CNc1ccccc1C(C)(C)C. The summed E-state index contributed by atoms with van der Waals surface area (Å²) in [6.07, 6.45) is 4.19. The van der Waals surface area contributed by atoms with Gasteiger partial charge in [0.05, 0.1) is 0 Å². The second-order valence-corrected chi connectivity index (χ2v) is 4.75. The molecule has 0 aliphatic carbocycles. The van der Waals surface area contributed by atoms with E-state index in [1.165, 1.54) is 11.3 Å². The van der Waals surface area contributed by atoms with E-state index in [9.17, 15) is 0 Å². The molecule has 0 radical (unpaired) electrons. The number of nitrogens with one attached hydrogen (secondary N) is 1. The Morgan fingerprint density at radius 3 is 2.47 bits per heavy atom. The summed E-state index contributed by atoms with van der Waals surface area (Å²) >= 11 is 0. The maximum Gasteiger partial charge on any atom is 0.0380 e. The Kier molecular flexibility index (Phi) is 3.96. The fourth-order valence-corrected chi connectivity index (χ4v) is 1.58. The Balaban J connectivity index is 2.87. The third kappa shape index (κ3) is 3.43. The van der Waals surface area contributed by atoms with Gasteiger partial charge in [-0.1, -0.05) is 51.1 Å². The van der Waals surface area contributed by atoms with Gasteiger partial charge in [-0.3, -0.25) is 0 Å². The van der Waals surface area contributed by atoms with E-state index >= 15 is 0 Å². The highest BCUT2D eigenvalue weighted by Gasteiger charge is 2.16. The Labute approximate surface area is 93.2 Å². The summed E-state index contributed by atoms with van der Waals surface area (Å²) in [6.45, 7) is 9.65. The van der Waals surface area contributed by atoms with E-state index in [2.05, 4.69) is 62.5 Å². The van der Waals surface area contributed by atoms with Crippen molar-refractivity contribution >= 4 is 5.69 Å². The van der Waals surface area contributed by atoms with E-state index in [0.717, 1.165) is 6.54 Å². The summed E-state index contributed by atoms with van der Waals surface area (Å²) in [5, 5.41) is 3.43. The molecular weight excluding hydrogens is 182 g/mol. The van der Waals surface area contributed by atoms with Crippen molar-refractivity contribution in [3.05, 3.63) is 42.0 Å². The van der Waals surface area contributed by atoms with Gasteiger partial charge in [-0.15, -0.1) is 0 Å². The van der Waals surface area contributed by atoms with E-state index < -0.39 is 0 Å². The second kappa shape index (κ2) is 5.01. The molecular formula is C14H21N. The normalized spacial score (nSPS) is 12.0. The molecule has 82 valence electrons. The average Bonchev–Trinajstić information content (AvgIpc) is 2.17. The van der Waals surface area contributed by atoms with E-state index in [1.54, 1.807) is 0 Å². The summed E-state index contributed by atoms with van der Waals surface area (Å²) in [4.78, 5) is 0. The van der Waals surface area contributed by atoms with Gasteiger partial charge in [0.15, 0.2) is 0 Å². The largest absolute Gasteiger partial charge is 0.381 e. The lowest BCUT2D eigenvalue weighted by Gasteiger charge is -2.23. The van der Waals surface area contributed by atoms with Crippen LogP contribution in [0.2, 0.25) is 0 Å². The van der Waals surface area contributed by atoms with E-state index in [4.69, 9.17) is 0 Å². The number of anilines is 1. The quantitative estimate of drug-likeness (QED) is 0.733. The zero-order chi connectivity index (χ0) is 11.3. The van der Waals surface area contributed by atoms with Gasteiger partial charge in [0.2, 0.25) is 0 Å². The van der Waals surface area contributed by atoms with Crippen LogP contribution in [0.25, 0.3) is 0 Å². The van der Waals surface area contributed by atoms with Crippen molar-refractivity contribution in [1.82, 2.24) is 0 Å². The average molecular weight is 203 g/mol. The summed E-state index contributed by atoms with van der Waals surface area (Å²) in [7, 11) is 0. The minimum atomic E-state index is 0.194. The fraction of sp³-hybridized carbons (Fsp3) is 0.429. The van der Waals surface area contributed by atoms with Crippen molar-refractivity contribution < 1.29 is 0 Å². The summed E-state index contributed by atoms with van der Waals surface area (Å²) < 4.78 is 0. The lowest BCUT2D eigenvalue weighted by atomic mass is 9.86. The molecule has 1 aromatic carbocycles. The van der Waals surface area contributed by atoms with Crippen LogP contribution in [0.4, 0.5) is 5.69 Å². The monoisotopic (exact) mass is 203 g/mol. The Morgan fingerprint density at radius 2 is 1.87 bits per heavy atom. The second-order valence-electron chi connectivity index (χ2n) is 4.75. The Morgan fingerprint density at radius 1 is 1.20 bits per heavy atom. The molecule has 15 heavy (non-hydrogen) atoms. The molecule has 0 aliphatic heterocycles. The van der Waals surface area contributed by atoms with E-state index in [-0.39, 0.29) is 5.41 Å². The molecule has 0 saturated carbocycles. The molecule has 1 heteroatoms. The third-order valence-electron chi connectivity index (χ3n) is 2.38. The van der Waals surface area contributed by atoms with Gasteiger partial charge in [-0.2, -0.15) is 0 Å². The molecule has 0 amide bonds. The van der Waals surface area contributed by atoms with E-state index in [1.807, 2.05) is 6.92 Å². The van der Waals surface area contributed by atoms with Gasteiger partial charge >= 0.3 is 0 Å². The minimum absolute atomic E-state index is 0.194. The van der Waals surface area contributed by atoms with Crippen LogP contribution in [-0.4, -0.2) is 6.54 Å². The fourth-order valence-electron chi connectivity index (χ4n) is 1.58. The summed E-state index contributed by atoms with van der Waals surface area (Å²) in [6, 6.07) is 8.51. The van der Waals surface area contributed by atoms with Gasteiger partial charge in [0.25, 0.3) is 0 Å². The van der Waals surface area contributed by atoms with Crippen molar-refractivity contribution in [2.24, 2.45) is 0 Å². The van der Waals surface area contributed by atoms with Crippen LogP contribution in [0.15, 0.2) is 36.4 Å². The maximum absolute atomic E-state index is 3.43. The highest BCUT2D eigenvalue weighted by atomic mass is 14.9. The molecule has 0 bridgehead atoms. The molecule has 0 spiro atoms. The molecule has 1 nitrogen and oxygen atoms in total. The molecule has 0 fully saturated rings. The first-order valence-corrected chi connectivity index (χ1v) is 5.50. The predicted octanol–water partition coefficient (Wildman–Crippen LogP) is 3.97. The van der Waals surface area contributed by atoms with Crippen LogP contribution in [0.3, 0.4) is 0 Å². The molecule has 1 N–H and O–H groups in total. The van der Waals surface area contributed by atoms with Crippen molar-refractivity contribution in [3.63, 3.8) is 0 Å². The van der Waals surface area contributed by atoms with Gasteiger partial charge in [0.1, 0.15) is 0 Å². The first kappa shape index (κ1) is 11.8. The minimum Gasteiger partial charge on any atom is -0.381 e. The molecule has 1 aromatic rings. The number of para-hydroxylation sites is 1. The zero-order valence-electron chi connectivity index (χ0n) is 10.2. The van der Waals surface area contributed by atoms with Crippen LogP contribution >= 0.6 is 0 Å². The van der Waals surface area contributed by atoms with Gasteiger partial charge < -0.3 is 5.32 Å². The highest BCUT2D eigenvalue weighted by Crippen LogP contribution is 2.28. The molecule has 0 heterocycles. The van der Waals surface area contributed by atoms with Gasteiger partial charge in [-0.05, 0) is 24.0 Å². The van der Waals surface area contributed by atoms with Crippen LogP contribution in [0, 0.1) is 0 Å². The van der Waals surface area contributed by atoms with Gasteiger partial charge in [0, 0.05) is 12.2 Å². The standard InChI is InChI=1S/C14H21N/c1-5-6-11-15-13-10-8-7-9-12(13)14(2,3)4/h5-10,15H,11H2,1-4H3/b6-5+. The number of hydrogen-bond acceptors (Lipinski definition) is 1. The van der Waals surface area contributed by atoms with Crippen LogP contribution in [0.1, 0.15) is 33.3 Å². The maximum atomic E-state index is 3.43. The van der Waals surface area contributed by atoms with Crippen molar-refractivity contribution in [2.45, 2.75) is 33.1 Å². The molecule has 0 saturated heterocycles. The summed E-state index contributed by atoms with van der Waals surface area (Å²) in [5.41, 5.74) is 2.80. The van der Waals surface area contributed by atoms with Crippen molar-refractivity contribution in [2.75, 3.05) is 11.9 Å². The van der Waals surface area contributed by atoms with Crippen LogP contribution in [0.5, 0.6) is 0 Å². The first-order chi connectivity index (χ1) is 7.05. The van der Waals surface area contributed by atoms with E-state index in [0.29, 0.717) is 0 Å². The molecule has 0 unspecified atom stereocenters. The van der Waals surface area contributed by atoms with Crippen molar-refractivity contribution in [3.8, 4) is 0 Å². The number of hydrogen-bond donors (Lipinski definition) is 1. The molecule has 0 aliphatic rings. The zero-order valence-corrected chi connectivity index (χ0v) is 10.2. The number of allylic oxidation sites excluding steroid dienone is 1. The first-order valence-electron chi connectivity index (χ1n) is 5.50. The highest BCUT2D eigenvalue weighted by molar-refractivity contribution is 5.54. The Bertz CT molecular complexity index is 331. The number of rotatable bonds is 3. The van der Waals surface area contributed by atoms with Crippen LogP contribution < -0.4 is 5.32 Å². The Hall–Kier alpha value is -1.24. The molecule has 0 atom stereocenters. The van der Waals surface area contributed by atoms with Crippen LogP contribution in [-0.2, 0) is 5.41 Å². The summed E-state index contributed by atoms with van der Waals surface area (Å²) in [5.74, 6) is 0.